The number of pyridine rings is 1. The molecule has 0 saturated carbocycles. The standard InChI is InChI=1S/C10H15N3O/c1-7(2)13-10(11)8-4-5-9(14-3)12-6-8/h4-7H,1-3H3,(H2,11,13). The van der Waals surface area contributed by atoms with Crippen molar-refractivity contribution in [1.82, 2.24) is 4.98 Å². The average molecular weight is 193 g/mol. The summed E-state index contributed by atoms with van der Waals surface area (Å²) in [6.07, 6.45) is 1.65. The van der Waals surface area contributed by atoms with Gasteiger partial charge in [-0.3, -0.25) is 4.99 Å². The normalized spacial score (nSPS) is 11.9. The van der Waals surface area contributed by atoms with Crippen molar-refractivity contribution in [3.8, 4) is 5.88 Å². The fourth-order valence-electron chi connectivity index (χ4n) is 1.01. The van der Waals surface area contributed by atoms with E-state index in [0.717, 1.165) is 5.56 Å². The summed E-state index contributed by atoms with van der Waals surface area (Å²) in [4.78, 5) is 8.26. The highest BCUT2D eigenvalue weighted by atomic mass is 16.5. The number of rotatable bonds is 3. The maximum absolute atomic E-state index is 5.76. The molecule has 14 heavy (non-hydrogen) atoms. The maximum Gasteiger partial charge on any atom is 0.212 e. The van der Waals surface area contributed by atoms with Crippen LogP contribution in [0.25, 0.3) is 0 Å². The second-order valence-electron chi connectivity index (χ2n) is 3.20. The molecule has 0 spiro atoms. The third-order valence-electron chi connectivity index (χ3n) is 1.64. The Balaban J connectivity index is 2.86. The predicted octanol–water partition coefficient (Wildman–Crippen LogP) is 1.20. The summed E-state index contributed by atoms with van der Waals surface area (Å²) >= 11 is 0. The van der Waals surface area contributed by atoms with Crippen LogP contribution in [0.3, 0.4) is 0 Å². The minimum atomic E-state index is 0.192. The molecule has 4 nitrogen and oxygen atoms in total. The summed E-state index contributed by atoms with van der Waals surface area (Å²) < 4.78 is 4.94. The Bertz CT molecular complexity index is 317. The van der Waals surface area contributed by atoms with Crippen LogP contribution in [0.2, 0.25) is 0 Å². The van der Waals surface area contributed by atoms with Crippen LogP contribution in [0, 0.1) is 0 Å². The molecule has 0 aliphatic heterocycles. The lowest BCUT2D eigenvalue weighted by Crippen LogP contribution is -2.15. The van der Waals surface area contributed by atoms with Crippen LogP contribution in [0.4, 0.5) is 0 Å². The fraction of sp³-hybridized carbons (Fsp3) is 0.400. The topological polar surface area (TPSA) is 60.5 Å². The summed E-state index contributed by atoms with van der Waals surface area (Å²) in [6, 6.07) is 3.79. The van der Waals surface area contributed by atoms with E-state index in [9.17, 15) is 0 Å². The quantitative estimate of drug-likeness (QED) is 0.579. The third-order valence-corrected chi connectivity index (χ3v) is 1.64. The predicted molar refractivity (Wildman–Crippen MR) is 56.6 cm³/mol. The average Bonchev–Trinajstić information content (AvgIpc) is 2.17. The number of aliphatic imine (C=N–C) groups is 1. The van der Waals surface area contributed by atoms with E-state index in [4.69, 9.17) is 10.5 Å². The smallest absolute Gasteiger partial charge is 0.212 e. The van der Waals surface area contributed by atoms with Crippen molar-refractivity contribution in [1.29, 1.82) is 0 Å². The molecular weight excluding hydrogens is 178 g/mol. The first-order chi connectivity index (χ1) is 6.63. The summed E-state index contributed by atoms with van der Waals surface area (Å²) in [5, 5.41) is 0. The molecule has 0 amide bonds. The van der Waals surface area contributed by atoms with Crippen LogP contribution < -0.4 is 10.5 Å². The molecule has 1 rings (SSSR count). The summed E-state index contributed by atoms with van der Waals surface area (Å²) in [5.74, 6) is 1.08. The first-order valence-electron chi connectivity index (χ1n) is 4.47. The number of methoxy groups -OCH3 is 1. The second kappa shape index (κ2) is 4.60. The van der Waals surface area contributed by atoms with Gasteiger partial charge in [0.15, 0.2) is 0 Å². The number of amidine groups is 1. The van der Waals surface area contributed by atoms with Crippen molar-refractivity contribution in [2.24, 2.45) is 10.7 Å². The molecule has 0 aliphatic carbocycles. The van der Waals surface area contributed by atoms with Crippen LogP contribution in [-0.4, -0.2) is 24.0 Å². The molecule has 0 aliphatic rings. The highest BCUT2D eigenvalue weighted by Crippen LogP contribution is 2.06. The van der Waals surface area contributed by atoms with Gasteiger partial charge in [0.25, 0.3) is 0 Å². The van der Waals surface area contributed by atoms with Crippen molar-refractivity contribution < 1.29 is 4.74 Å². The number of hydrogen-bond acceptors (Lipinski definition) is 3. The molecular formula is C10H15N3O. The Labute approximate surface area is 83.8 Å². The Hall–Kier alpha value is -1.58. The van der Waals surface area contributed by atoms with Gasteiger partial charge < -0.3 is 10.5 Å². The number of nitrogens with two attached hydrogens (primary N) is 1. The van der Waals surface area contributed by atoms with Gasteiger partial charge in [0.05, 0.1) is 7.11 Å². The van der Waals surface area contributed by atoms with E-state index in [1.807, 2.05) is 19.9 Å². The lowest BCUT2D eigenvalue weighted by Gasteiger charge is -2.03. The van der Waals surface area contributed by atoms with Crippen LogP contribution >= 0.6 is 0 Å². The van der Waals surface area contributed by atoms with Crippen molar-refractivity contribution in [2.45, 2.75) is 19.9 Å². The van der Waals surface area contributed by atoms with E-state index >= 15 is 0 Å². The van der Waals surface area contributed by atoms with Gasteiger partial charge in [-0.15, -0.1) is 0 Å². The Morgan fingerprint density at radius 1 is 1.50 bits per heavy atom. The van der Waals surface area contributed by atoms with Crippen LogP contribution in [0.5, 0.6) is 5.88 Å². The number of nitrogens with zero attached hydrogens (tertiary/aromatic N) is 2. The number of hydrogen-bond donors (Lipinski definition) is 1. The van der Waals surface area contributed by atoms with E-state index in [-0.39, 0.29) is 6.04 Å². The van der Waals surface area contributed by atoms with E-state index in [2.05, 4.69) is 9.98 Å². The molecule has 0 unspecified atom stereocenters. The first kappa shape index (κ1) is 10.5. The fourth-order valence-corrected chi connectivity index (χ4v) is 1.01. The van der Waals surface area contributed by atoms with Crippen molar-refractivity contribution in [2.75, 3.05) is 7.11 Å². The molecule has 0 fully saturated rings. The maximum atomic E-state index is 5.76. The minimum absolute atomic E-state index is 0.192. The number of aromatic nitrogens is 1. The van der Waals surface area contributed by atoms with Crippen LogP contribution in [-0.2, 0) is 0 Å². The molecule has 76 valence electrons. The lowest BCUT2D eigenvalue weighted by molar-refractivity contribution is 0.398. The van der Waals surface area contributed by atoms with Gasteiger partial charge in [0.2, 0.25) is 5.88 Å². The van der Waals surface area contributed by atoms with E-state index in [1.165, 1.54) is 0 Å². The Morgan fingerprint density at radius 2 is 2.21 bits per heavy atom. The zero-order valence-electron chi connectivity index (χ0n) is 8.69. The largest absolute Gasteiger partial charge is 0.481 e. The van der Waals surface area contributed by atoms with Gasteiger partial charge in [-0.1, -0.05) is 0 Å². The van der Waals surface area contributed by atoms with Crippen LogP contribution in [0.1, 0.15) is 19.4 Å². The lowest BCUT2D eigenvalue weighted by atomic mass is 10.2. The van der Waals surface area contributed by atoms with Gasteiger partial charge in [-0.2, -0.15) is 0 Å². The molecule has 0 bridgehead atoms. The molecule has 1 heterocycles. The molecule has 0 radical (unpaired) electrons. The van der Waals surface area contributed by atoms with Gasteiger partial charge >= 0.3 is 0 Å². The van der Waals surface area contributed by atoms with E-state index in [0.29, 0.717) is 11.7 Å². The molecule has 0 saturated heterocycles. The highest BCUT2D eigenvalue weighted by Gasteiger charge is 2.00. The third kappa shape index (κ3) is 2.73. The van der Waals surface area contributed by atoms with Gasteiger partial charge in [0, 0.05) is 23.9 Å². The summed E-state index contributed by atoms with van der Waals surface area (Å²) in [5.41, 5.74) is 6.58. The molecule has 4 heteroatoms. The van der Waals surface area contributed by atoms with Gasteiger partial charge in [0.1, 0.15) is 5.84 Å². The van der Waals surface area contributed by atoms with Gasteiger partial charge in [-0.05, 0) is 19.9 Å². The second-order valence-corrected chi connectivity index (χ2v) is 3.20. The molecule has 1 aromatic rings. The Morgan fingerprint density at radius 3 is 2.64 bits per heavy atom. The van der Waals surface area contributed by atoms with Gasteiger partial charge in [-0.25, -0.2) is 4.98 Å². The number of ether oxygens (including phenoxy) is 1. The Kier molecular flexibility index (Phi) is 3.45. The summed E-state index contributed by atoms with van der Waals surface area (Å²) in [7, 11) is 1.58. The SMILES string of the molecule is COc1ccc(C(N)=NC(C)C)cn1. The molecule has 2 N–H and O–H groups in total. The highest BCUT2D eigenvalue weighted by molar-refractivity contribution is 5.97. The zero-order valence-corrected chi connectivity index (χ0v) is 8.69. The van der Waals surface area contributed by atoms with E-state index in [1.54, 1.807) is 19.4 Å². The van der Waals surface area contributed by atoms with Crippen LogP contribution in [0.15, 0.2) is 23.3 Å². The van der Waals surface area contributed by atoms with Crippen molar-refractivity contribution >= 4 is 5.84 Å². The molecule has 0 aromatic carbocycles. The van der Waals surface area contributed by atoms with Crippen molar-refractivity contribution in [3.63, 3.8) is 0 Å². The monoisotopic (exact) mass is 193 g/mol. The van der Waals surface area contributed by atoms with E-state index < -0.39 is 0 Å². The molecule has 1 aromatic heterocycles. The molecule has 0 atom stereocenters. The zero-order chi connectivity index (χ0) is 10.6. The van der Waals surface area contributed by atoms with Crippen molar-refractivity contribution in [3.05, 3.63) is 23.9 Å². The summed E-state index contributed by atoms with van der Waals surface area (Å²) in [6.45, 7) is 3.95. The first-order valence-corrected chi connectivity index (χ1v) is 4.47. The minimum Gasteiger partial charge on any atom is -0.481 e.